The molecule has 0 aliphatic carbocycles. The summed E-state index contributed by atoms with van der Waals surface area (Å²) < 4.78 is 40.5. The van der Waals surface area contributed by atoms with Crippen molar-refractivity contribution in [1.29, 1.82) is 0 Å². The van der Waals surface area contributed by atoms with Gasteiger partial charge in [-0.05, 0) is 26.2 Å². The summed E-state index contributed by atoms with van der Waals surface area (Å²) in [5.41, 5.74) is -0.333. The Kier molecular flexibility index (Phi) is 8.61. The first-order valence-electron chi connectivity index (χ1n) is 6.71. The van der Waals surface area contributed by atoms with Crippen LogP contribution in [0.1, 0.15) is 46.5 Å². The number of nitrogens with one attached hydrogen (secondary N) is 1. The van der Waals surface area contributed by atoms with E-state index >= 15 is 0 Å². The lowest BCUT2D eigenvalue weighted by Crippen LogP contribution is -2.49. The van der Waals surface area contributed by atoms with E-state index in [1.165, 1.54) is 0 Å². The van der Waals surface area contributed by atoms with E-state index < -0.39 is 12.6 Å². The third-order valence-corrected chi connectivity index (χ3v) is 2.78. The van der Waals surface area contributed by atoms with E-state index in [1.54, 1.807) is 0 Å². The minimum Gasteiger partial charge on any atom is -0.394 e. The van der Waals surface area contributed by atoms with Gasteiger partial charge in [0, 0.05) is 18.2 Å². The van der Waals surface area contributed by atoms with Gasteiger partial charge in [0.2, 0.25) is 0 Å². The van der Waals surface area contributed by atoms with Crippen LogP contribution in [0.4, 0.5) is 13.2 Å². The molecule has 0 spiro atoms. The predicted octanol–water partition coefficient (Wildman–Crippen LogP) is 2.87. The average Bonchev–Trinajstić information content (AvgIpc) is 2.25. The van der Waals surface area contributed by atoms with Crippen LogP contribution in [-0.2, 0) is 4.74 Å². The van der Waals surface area contributed by atoms with Crippen molar-refractivity contribution in [3.8, 4) is 0 Å². The fraction of sp³-hybridized carbons (Fsp3) is 1.00. The first-order chi connectivity index (χ1) is 8.68. The third-order valence-electron chi connectivity index (χ3n) is 2.78. The molecule has 0 aliphatic heterocycles. The maximum absolute atomic E-state index is 11.8. The fourth-order valence-corrected chi connectivity index (χ4v) is 1.90. The van der Waals surface area contributed by atoms with Crippen LogP contribution in [0.5, 0.6) is 0 Å². The molecule has 0 saturated heterocycles. The van der Waals surface area contributed by atoms with Crippen molar-refractivity contribution in [2.24, 2.45) is 0 Å². The lowest BCUT2D eigenvalue weighted by Gasteiger charge is -2.31. The SMILES string of the molecule is CC(C)NC(C)(CO)CCCCOCCC(F)(F)F. The summed E-state index contributed by atoms with van der Waals surface area (Å²) in [5, 5.41) is 12.6. The standard InChI is InChI=1S/C13H26F3NO2/c1-11(2)17-12(3,10-18)6-4-5-8-19-9-7-13(14,15)16/h11,17-18H,4-10H2,1-3H3. The molecule has 0 aliphatic rings. The fourth-order valence-electron chi connectivity index (χ4n) is 1.90. The van der Waals surface area contributed by atoms with Crippen LogP contribution in [0, 0.1) is 0 Å². The Hall–Kier alpha value is -0.330. The van der Waals surface area contributed by atoms with Crippen LogP contribution in [0.3, 0.4) is 0 Å². The molecule has 0 fully saturated rings. The number of rotatable bonds is 10. The molecule has 0 aromatic carbocycles. The number of ether oxygens (including phenoxy) is 1. The minimum atomic E-state index is -4.14. The molecule has 0 heterocycles. The largest absolute Gasteiger partial charge is 0.394 e. The zero-order chi connectivity index (χ0) is 14.9. The van der Waals surface area contributed by atoms with Gasteiger partial charge < -0.3 is 15.2 Å². The van der Waals surface area contributed by atoms with Crippen molar-refractivity contribution in [2.75, 3.05) is 19.8 Å². The van der Waals surface area contributed by atoms with Crippen LogP contribution >= 0.6 is 0 Å². The van der Waals surface area contributed by atoms with Crippen molar-refractivity contribution < 1.29 is 23.0 Å². The maximum atomic E-state index is 11.8. The molecule has 0 radical (unpaired) electrons. The van der Waals surface area contributed by atoms with Gasteiger partial charge in [-0.25, -0.2) is 0 Å². The highest BCUT2D eigenvalue weighted by molar-refractivity contribution is 4.83. The van der Waals surface area contributed by atoms with Gasteiger partial charge in [0.1, 0.15) is 0 Å². The topological polar surface area (TPSA) is 41.5 Å². The van der Waals surface area contributed by atoms with Gasteiger partial charge >= 0.3 is 6.18 Å². The number of hydrogen-bond acceptors (Lipinski definition) is 3. The number of aliphatic hydroxyl groups excluding tert-OH is 1. The molecule has 0 rings (SSSR count). The van der Waals surface area contributed by atoms with E-state index in [0.717, 1.165) is 12.8 Å². The van der Waals surface area contributed by atoms with Crippen LogP contribution in [0.15, 0.2) is 0 Å². The van der Waals surface area contributed by atoms with E-state index in [2.05, 4.69) is 5.32 Å². The van der Waals surface area contributed by atoms with E-state index in [1.807, 2.05) is 20.8 Å². The van der Waals surface area contributed by atoms with E-state index in [4.69, 9.17) is 4.74 Å². The summed E-state index contributed by atoms with van der Waals surface area (Å²) in [4.78, 5) is 0. The Morgan fingerprint density at radius 2 is 1.74 bits per heavy atom. The molecule has 19 heavy (non-hydrogen) atoms. The van der Waals surface area contributed by atoms with Crippen molar-refractivity contribution in [3.63, 3.8) is 0 Å². The third kappa shape index (κ3) is 11.2. The predicted molar refractivity (Wildman–Crippen MR) is 69.1 cm³/mol. The lowest BCUT2D eigenvalue weighted by atomic mass is 9.95. The number of aliphatic hydroxyl groups is 1. The van der Waals surface area contributed by atoms with E-state index in [-0.39, 0.29) is 24.8 Å². The summed E-state index contributed by atoms with van der Waals surface area (Å²) >= 11 is 0. The Morgan fingerprint density at radius 1 is 1.11 bits per heavy atom. The van der Waals surface area contributed by atoms with Gasteiger partial charge in [-0.15, -0.1) is 0 Å². The Balaban J connectivity index is 3.62. The first kappa shape index (κ1) is 18.7. The Bertz CT molecular complexity index is 234. The van der Waals surface area contributed by atoms with Crippen molar-refractivity contribution >= 4 is 0 Å². The molecular weight excluding hydrogens is 259 g/mol. The zero-order valence-corrected chi connectivity index (χ0v) is 12.0. The number of halogens is 3. The highest BCUT2D eigenvalue weighted by atomic mass is 19.4. The van der Waals surface area contributed by atoms with E-state index in [0.29, 0.717) is 13.0 Å². The quantitative estimate of drug-likeness (QED) is 0.606. The maximum Gasteiger partial charge on any atom is 0.391 e. The second-order valence-electron chi connectivity index (χ2n) is 5.45. The molecule has 0 aromatic rings. The zero-order valence-electron chi connectivity index (χ0n) is 12.0. The van der Waals surface area contributed by atoms with Crippen LogP contribution < -0.4 is 5.32 Å². The van der Waals surface area contributed by atoms with Crippen molar-refractivity contribution in [3.05, 3.63) is 0 Å². The normalized spacial score (nSPS) is 15.8. The summed E-state index contributed by atoms with van der Waals surface area (Å²) in [6.07, 6.45) is -2.76. The summed E-state index contributed by atoms with van der Waals surface area (Å²) in [5.74, 6) is 0. The summed E-state index contributed by atoms with van der Waals surface area (Å²) in [7, 11) is 0. The van der Waals surface area contributed by atoms with Gasteiger partial charge in [0.25, 0.3) is 0 Å². The minimum absolute atomic E-state index is 0.0418. The number of hydrogen-bond donors (Lipinski definition) is 2. The smallest absolute Gasteiger partial charge is 0.391 e. The van der Waals surface area contributed by atoms with Crippen LogP contribution in [0.25, 0.3) is 0 Å². The highest BCUT2D eigenvalue weighted by Gasteiger charge is 2.26. The molecule has 3 nitrogen and oxygen atoms in total. The van der Waals surface area contributed by atoms with Gasteiger partial charge in [-0.3, -0.25) is 0 Å². The molecule has 116 valence electrons. The van der Waals surface area contributed by atoms with Gasteiger partial charge in [0.05, 0.1) is 19.6 Å². The molecule has 6 heteroatoms. The highest BCUT2D eigenvalue weighted by Crippen LogP contribution is 2.19. The lowest BCUT2D eigenvalue weighted by molar-refractivity contribution is -0.145. The summed E-state index contributed by atoms with van der Waals surface area (Å²) in [6.45, 7) is 6.06. The molecule has 0 saturated carbocycles. The second-order valence-corrected chi connectivity index (χ2v) is 5.45. The van der Waals surface area contributed by atoms with Crippen molar-refractivity contribution in [1.82, 2.24) is 5.32 Å². The van der Waals surface area contributed by atoms with Gasteiger partial charge in [-0.2, -0.15) is 13.2 Å². The number of alkyl halides is 3. The monoisotopic (exact) mass is 285 g/mol. The molecule has 2 N–H and O–H groups in total. The van der Waals surface area contributed by atoms with Gasteiger partial charge in [-0.1, -0.05) is 13.8 Å². The molecule has 1 unspecified atom stereocenters. The van der Waals surface area contributed by atoms with Crippen LogP contribution in [0.2, 0.25) is 0 Å². The molecule has 0 aromatic heterocycles. The molecular formula is C13H26F3NO2. The first-order valence-corrected chi connectivity index (χ1v) is 6.71. The number of unbranched alkanes of at least 4 members (excludes halogenated alkanes) is 1. The second kappa shape index (κ2) is 8.76. The molecule has 0 bridgehead atoms. The van der Waals surface area contributed by atoms with Gasteiger partial charge in [0.15, 0.2) is 0 Å². The summed E-state index contributed by atoms with van der Waals surface area (Å²) in [6, 6.07) is 0.278. The molecule has 1 atom stereocenters. The Labute approximate surface area is 113 Å². The average molecular weight is 285 g/mol. The van der Waals surface area contributed by atoms with E-state index in [9.17, 15) is 18.3 Å². The Morgan fingerprint density at radius 3 is 2.21 bits per heavy atom. The van der Waals surface area contributed by atoms with Crippen molar-refractivity contribution in [2.45, 2.75) is 64.2 Å². The molecule has 0 amide bonds. The van der Waals surface area contributed by atoms with Crippen LogP contribution in [-0.4, -0.2) is 42.7 Å².